The number of carbonyl (C=O) groups is 2. The van der Waals surface area contributed by atoms with Crippen LogP contribution in [0.2, 0.25) is 5.02 Å². The Labute approximate surface area is 178 Å². The van der Waals surface area contributed by atoms with Crippen molar-refractivity contribution in [2.75, 3.05) is 10.2 Å². The second kappa shape index (κ2) is 7.76. The van der Waals surface area contributed by atoms with Crippen molar-refractivity contribution in [2.24, 2.45) is 0 Å². The van der Waals surface area contributed by atoms with Crippen molar-refractivity contribution in [2.45, 2.75) is 13.8 Å². The minimum atomic E-state index is -0.549. The van der Waals surface area contributed by atoms with Gasteiger partial charge in [0.05, 0.1) is 16.3 Å². The predicted octanol–water partition coefficient (Wildman–Crippen LogP) is 5.49. The molecule has 0 radical (unpaired) electrons. The summed E-state index contributed by atoms with van der Waals surface area (Å²) >= 11 is 6.27. The summed E-state index contributed by atoms with van der Waals surface area (Å²) in [6.45, 7) is 3.83. The number of rotatable bonds is 4. The van der Waals surface area contributed by atoms with Crippen LogP contribution in [0.15, 0.2) is 72.4 Å². The first-order valence-corrected chi connectivity index (χ1v) is 9.72. The molecule has 1 aliphatic rings. The largest absolute Gasteiger partial charge is 0.350 e. The Morgan fingerprint density at radius 2 is 1.67 bits per heavy atom. The zero-order chi connectivity index (χ0) is 21.4. The molecule has 150 valence electrons. The van der Waals surface area contributed by atoms with E-state index in [-0.39, 0.29) is 16.3 Å². The maximum absolute atomic E-state index is 13.7. The van der Waals surface area contributed by atoms with Crippen molar-refractivity contribution in [3.05, 3.63) is 100.0 Å². The van der Waals surface area contributed by atoms with Crippen LogP contribution >= 0.6 is 11.6 Å². The summed E-state index contributed by atoms with van der Waals surface area (Å²) in [4.78, 5) is 27.9. The number of hydrogen-bond donors (Lipinski definition) is 1. The number of aryl methyl sites for hydroxylation is 2. The van der Waals surface area contributed by atoms with E-state index in [4.69, 9.17) is 11.6 Å². The Morgan fingerprint density at radius 3 is 2.37 bits per heavy atom. The topological polar surface area (TPSA) is 49.4 Å². The molecule has 0 fully saturated rings. The third-order valence-electron chi connectivity index (χ3n) is 4.92. The number of imide groups is 1. The van der Waals surface area contributed by atoms with Gasteiger partial charge in [-0.05, 0) is 55.3 Å². The Bertz CT molecular complexity index is 1220. The van der Waals surface area contributed by atoms with Crippen LogP contribution in [0.3, 0.4) is 0 Å². The fraction of sp³-hybridized carbons (Fsp3) is 0.0833. The summed E-state index contributed by atoms with van der Waals surface area (Å²) in [5, 5.41) is 3.24. The van der Waals surface area contributed by atoms with Gasteiger partial charge in [-0.15, -0.1) is 0 Å². The highest BCUT2D eigenvalue weighted by molar-refractivity contribution is 6.48. The second-order valence-electron chi connectivity index (χ2n) is 7.10. The van der Waals surface area contributed by atoms with E-state index in [9.17, 15) is 14.0 Å². The molecule has 0 atom stereocenters. The molecular weight excluding hydrogens is 403 g/mol. The number of carbonyl (C=O) groups excluding carboxylic acids is 2. The normalized spacial score (nSPS) is 13.9. The van der Waals surface area contributed by atoms with Gasteiger partial charge in [0.2, 0.25) is 0 Å². The van der Waals surface area contributed by atoms with E-state index < -0.39 is 17.6 Å². The van der Waals surface area contributed by atoms with Gasteiger partial charge in [0, 0.05) is 5.69 Å². The summed E-state index contributed by atoms with van der Waals surface area (Å²) in [6, 6.07) is 18.0. The first kappa shape index (κ1) is 19.9. The molecule has 0 unspecified atom stereocenters. The summed E-state index contributed by atoms with van der Waals surface area (Å²) in [7, 11) is 0. The van der Waals surface area contributed by atoms with Gasteiger partial charge < -0.3 is 5.32 Å². The maximum atomic E-state index is 13.7. The van der Waals surface area contributed by atoms with E-state index >= 15 is 0 Å². The zero-order valence-corrected chi connectivity index (χ0v) is 17.1. The highest BCUT2D eigenvalue weighted by Crippen LogP contribution is 2.37. The van der Waals surface area contributed by atoms with Crippen LogP contribution in [0.25, 0.3) is 5.57 Å². The quantitative estimate of drug-likeness (QED) is 0.567. The van der Waals surface area contributed by atoms with Crippen LogP contribution in [0.1, 0.15) is 16.7 Å². The molecule has 2 amide bonds. The van der Waals surface area contributed by atoms with Gasteiger partial charge in [-0.1, -0.05) is 53.6 Å². The van der Waals surface area contributed by atoms with E-state index in [2.05, 4.69) is 5.32 Å². The van der Waals surface area contributed by atoms with Crippen molar-refractivity contribution < 1.29 is 14.0 Å². The molecule has 0 spiro atoms. The summed E-state index contributed by atoms with van der Waals surface area (Å²) in [5.41, 5.74) is 3.50. The van der Waals surface area contributed by atoms with Crippen LogP contribution in [0, 0.1) is 19.7 Å². The molecule has 0 aromatic heterocycles. The molecule has 0 saturated heterocycles. The Morgan fingerprint density at radius 1 is 0.900 bits per heavy atom. The van der Waals surface area contributed by atoms with Crippen molar-refractivity contribution in [1.29, 1.82) is 0 Å². The molecular formula is C24H18ClFN2O2. The number of para-hydroxylation sites is 1. The van der Waals surface area contributed by atoms with E-state index in [0.717, 1.165) is 16.0 Å². The third kappa shape index (κ3) is 3.48. The molecule has 30 heavy (non-hydrogen) atoms. The average molecular weight is 421 g/mol. The molecule has 6 heteroatoms. The second-order valence-corrected chi connectivity index (χ2v) is 7.51. The lowest BCUT2D eigenvalue weighted by Crippen LogP contribution is -2.32. The smallest absolute Gasteiger partial charge is 0.282 e. The maximum Gasteiger partial charge on any atom is 0.282 e. The van der Waals surface area contributed by atoms with Gasteiger partial charge in [0.25, 0.3) is 11.8 Å². The van der Waals surface area contributed by atoms with E-state index in [1.54, 1.807) is 30.3 Å². The lowest BCUT2D eigenvalue weighted by Gasteiger charge is -2.17. The molecule has 4 nitrogen and oxygen atoms in total. The fourth-order valence-electron chi connectivity index (χ4n) is 3.55. The van der Waals surface area contributed by atoms with Crippen LogP contribution in [-0.2, 0) is 9.59 Å². The van der Waals surface area contributed by atoms with Crippen LogP contribution in [0.5, 0.6) is 0 Å². The van der Waals surface area contributed by atoms with Crippen molar-refractivity contribution in [1.82, 2.24) is 0 Å². The van der Waals surface area contributed by atoms with E-state index in [0.29, 0.717) is 16.9 Å². The van der Waals surface area contributed by atoms with Crippen molar-refractivity contribution in [3.8, 4) is 0 Å². The van der Waals surface area contributed by atoms with Crippen LogP contribution in [-0.4, -0.2) is 11.8 Å². The van der Waals surface area contributed by atoms with Gasteiger partial charge in [0.15, 0.2) is 0 Å². The van der Waals surface area contributed by atoms with Gasteiger partial charge >= 0.3 is 0 Å². The van der Waals surface area contributed by atoms with Gasteiger partial charge in [-0.25, -0.2) is 9.29 Å². The minimum Gasteiger partial charge on any atom is -0.350 e. The monoisotopic (exact) mass is 420 g/mol. The first-order valence-electron chi connectivity index (χ1n) is 9.34. The zero-order valence-electron chi connectivity index (χ0n) is 16.4. The number of hydrogen-bond acceptors (Lipinski definition) is 3. The fourth-order valence-corrected chi connectivity index (χ4v) is 3.77. The number of amides is 2. The van der Waals surface area contributed by atoms with Gasteiger partial charge in [0.1, 0.15) is 11.5 Å². The lowest BCUT2D eigenvalue weighted by atomic mass is 9.97. The molecule has 1 aliphatic heterocycles. The number of halogens is 2. The van der Waals surface area contributed by atoms with Gasteiger partial charge in [-0.3, -0.25) is 9.59 Å². The standard InChI is InChI=1S/C24H18ClFN2O2/c1-14-10-11-18(15(2)12-14)21-22(27-17-7-5-6-16(26)13-17)24(30)28(23(21)29)20-9-4-3-8-19(20)25/h3-13,27H,1-2H3. The highest BCUT2D eigenvalue weighted by atomic mass is 35.5. The molecule has 3 aromatic rings. The Hall–Kier alpha value is -3.44. The van der Waals surface area contributed by atoms with Gasteiger partial charge in [-0.2, -0.15) is 0 Å². The molecule has 1 N–H and O–H groups in total. The molecule has 1 heterocycles. The molecule has 0 aliphatic carbocycles. The minimum absolute atomic E-state index is 0.0810. The molecule has 0 bridgehead atoms. The number of anilines is 2. The molecule has 0 saturated carbocycles. The van der Waals surface area contributed by atoms with Crippen molar-refractivity contribution >= 4 is 40.4 Å². The highest BCUT2D eigenvalue weighted by Gasteiger charge is 2.41. The molecule has 3 aromatic carbocycles. The van der Waals surface area contributed by atoms with Crippen molar-refractivity contribution in [3.63, 3.8) is 0 Å². The lowest BCUT2D eigenvalue weighted by molar-refractivity contribution is -0.120. The Kier molecular flexibility index (Phi) is 5.14. The summed E-state index contributed by atoms with van der Waals surface area (Å²) < 4.78 is 13.7. The Balaban J connectivity index is 1.89. The number of nitrogens with zero attached hydrogens (tertiary/aromatic N) is 1. The number of benzene rings is 3. The van der Waals surface area contributed by atoms with Crippen LogP contribution < -0.4 is 10.2 Å². The SMILES string of the molecule is Cc1ccc(C2=C(Nc3cccc(F)c3)C(=O)N(c3ccccc3Cl)C2=O)c(C)c1. The first-order chi connectivity index (χ1) is 14.4. The van der Waals surface area contributed by atoms with Crippen LogP contribution in [0.4, 0.5) is 15.8 Å². The van der Waals surface area contributed by atoms with E-state index in [1.165, 1.54) is 18.2 Å². The molecule has 4 rings (SSSR count). The predicted molar refractivity (Wildman–Crippen MR) is 117 cm³/mol. The summed E-state index contributed by atoms with van der Waals surface area (Å²) in [6.07, 6.45) is 0. The third-order valence-corrected chi connectivity index (χ3v) is 5.24. The average Bonchev–Trinajstić information content (AvgIpc) is 2.93. The van der Waals surface area contributed by atoms with E-state index in [1.807, 2.05) is 32.0 Å². The number of nitrogens with one attached hydrogen (secondary N) is 1. The summed E-state index contributed by atoms with van der Waals surface area (Å²) in [5.74, 6) is -1.49.